The van der Waals surface area contributed by atoms with Crippen LogP contribution in [0, 0.1) is 5.92 Å². The first-order valence-electron chi connectivity index (χ1n) is 6.66. The molecular weight excluding hydrogens is 184 g/mol. The van der Waals surface area contributed by atoms with Crippen molar-refractivity contribution in [2.24, 2.45) is 10.9 Å². The number of hydrogen-bond acceptors (Lipinski definition) is 2. The van der Waals surface area contributed by atoms with E-state index in [2.05, 4.69) is 17.2 Å². The summed E-state index contributed by atoms with van der Waals surface area (Å²) >= 11 is 0. The zero-order valence-electron chi connectivity index (χ0n) is 9.97. The third kappa shape index (κ3) is 3.22. The number of rotatable bonds is 2. The Morgan fingerprint density at radius 2 is 1.93 bits per heavy atom. The summed E-state index contributed by atoms with van der Waals surface area (Å²) in [5, 5.41) is 3.65. The van der Waals surface area contributed by atoms with E-state index >= 15 is 0 Å². The summed E-state index contributed by atoms with van der Waals surface area (Å²) in [6.45, 7) is 3.38. The summed E-state index contributed by atoms with van der Waals surface area (Å²) in [5.41, 5.74) is 0. The first kappa shape index (κ1) is 11.0. The van der Waals surface area contributed by atoms with Gasteiger partial charge in [-0.05, 0) is 38.5 Å². The van der Waals surface area contributed by atoms with Crippen molar-refractivity contribution in [2.75, 3.05) is 6.54 Å². The predicted octanol–water partition coefficient (Wildman–Crippen LogP) is 3.13. The minimum Gasteiger partial charge on any atom is -0.371 e. The normalized spacial score (nSPS) is 25.8. The predicted molar refractivity (Wildman–Crippen MR) is 65.3 cm³/mol. The second-order valence-electron chi connectivity index (χ2n) is 5.12. The molecule has 1 heterocycles. The van der Waals surface area contributed by atoms with Gasteiger partial charge in [0.05, 0.1) is 5.84 Å². The molecule has 15 heavy (non-hydrogen) atoms. The molecule has 0 unspecified atom stereocenters. The largest absolute Gasteiger partial charge is 0.371 e. The fourth-order valence-corrected chi connectivity index (χ4v) is 2.83. The van der Waals surface area contributed by atoms with Crippen molar-refractivity contribution < 1.29 is 0 Å². The Balaban J connectivity index is 1.81. The van der Waals surface area contributed by atoms with Crippen LogP contribution in [0.5, 0.6) is 0 Å². The van der Waals surface area contributed by atoms with E-state index in [0.717, 1.165) is 12.5 Å². The highest BCUT2D eigenvalue weighted by Gasteiger charge is 2.22. The van der Waals surface area contributed by atoms with Crippen LogP contribution in [0.25, 0.3) is 0 Å². The maximum atomic E-state index is 4.64. The van der Waals surface area contributed by atoms with Crippen LogP contribution in [-0.4, -0.2) is 18.4 Å². The highest BCUT2D eigenvalue weighted by molar-refractivity contribution is 5.82. The van der Waals surface area contributed by atoms with E-state index in [-0.39, 0.29) is 0 Å². The second-order valence-corrected chi connectivity index (χ2v) is 5.12. The number of nitrogens with zero attached hydrogens (tertiary/aromatic N) is 1. The summed E-state index contributed by atoms with van der Waals surface area (Å²) in [7, 11) is 0. The van der Waals surface area contributed by atoms with Crippen molar-refractivity contribution in [3.63, 3.8) is 0 Å². The minimum atomic E-state index is 0.643. The molecule has 2 heteroatoms. The molecule has 2 nitrogen and oxygen atoms in total. The van der Waals surface area contributed by atoms with Gasteiger partial charge in [0.15, 0.2) is 0 Å². The van der Waals surface area contributed by atoms with Crippen molar-refractivity contribution in [3.05, 3.63) is 0 Å². The first-order chi connectivity index (χ1) is 7.36. The van der Waals surface area contributed by atoms with E-state index in [9.17, 15) is 0 Å². The monoisotopic (exact) mass is 208 g/mol. The number of nitrogens with one attached hydrogen (secondary N) is 1. The molecule has 2 aliphatic rings. The van der Waals surface area contributed by atoms with Gasteiger partial charge in [0, 0.05) is 19.0 Å². The third-order valence-electron chi connectivity index (χ3n) is 3.88. The van der Waals surface area contributed by atoms with E-state index in [1.807, 2.05) is 0 Å². The lowest BCUT2D eigenvalue weighted by Gasteiger charge is -2.22. The molecular formula is C13H24N2. The van der Waals surface area contributed by atoms with Crippen molar-refractivity contribution in [1.29, 1.82) is 0 Å². The first-order valence-corrected chi connectivity index (χ1v) is 6.66. The van der Waals surface area contributed by atoms with Crippen molar-refractivity contribution in [3.8, 4) is 0 Å². The molecule has 0 saturated heterocycles. The summed E-state index contributed by atoms with van der Waals surface area (Å²) in [4.78, 5) is 4.64. The molecule has 0 radical (unpaired) electrons. The molecule has 1 aliphatic heterocycles. The summed E-state index contributed by atoms with van der Waals surface area (Å²) in [6, 6.07) is 0.643. The van der Waals surface area contributed by atoms with Crippen LogP contribution in [0.1, 0.15) is 58.3 Å². The van der Waals surface area contributed by atoms with Gasteiger partial charge in [-0.3, -0.25) is 4.99 Å². The van der Waals surface area contributed by atoms with Crippen molar-refractivity contribution in [1.82, 2.24) is 5.32 Å². The van der Waals surface area contributed by atoms with Gasteiger partial charge >= 0.3 is 0 Å². The molecule has 0 bridgehead atoms. The number of aliphatic imine (C=N–C) groups is 1. The zero-order chi connectivity index (χ0) is 10.5. The SMILES string of the molecule is C[C@@H](NC1=NCCCCC1)C1CCCC1. The van der Waals surface area contributed by atoms with Gasteiger partial charge in [-0.2, -0.15) is 0 Å². The molecule has 0 aromatic heterocycles. The summed E-state index contributed by atoms with van der Waals surface area (Å²) in [5.74, 6) is 2.18. The zero-order valence-corrected chi connectivity index (χ0v) is 9.97. The van der Waals surface area contributed by atoms with E-state index in [1.165, 1.54) is 57.2 Å². The molecule has 1 atom stereocenters. The molecule has 0 aromatic rings. The highest BCUT2D eigenvalue weighted by atomic mass is 15.0. The van der Waals surface area contributed by atoms with E-state index in [4.69, 9.17) is 0 Å². The van der Waals surface area contributed by atoms with Crippen LogP contribution in [0.4, 0.5) is 0 Å². The van der Waals surface area contributed by atoms with Gasteiger partial charge in [0.2, 0.25) is 0 Å². The van der Waals surface area contributed by atoms with Crippen LogP contribution in [-0.2, 0) is 0 Å². The molecule has 86 valence electrons. The summed E-state index contributed by atoms with van der Waals surface area (Å²) in [6.07, 6.45) is 10.8. The molecule has 1 fully saturated rings. The maximum Gasteiger partial charge on any atom is 0.0965 e. The van der Waals surface area contributed by atoms with E-state index in [1.54, 1.807) is 0 Å². The van der Waals surface area contributed by atoms with Crippen LogP contribution in [0.2, 0.25) is 0 Å². The fraction of sp³-hybridized carbons (Fsp3) is 0.923. The van der Waals surface area contributed by atoms with Crippen LogP contribution in [0.15, 0.2) is 4.99 Å². The van der Waals surface area contributed by atoms with Gasteiger partial charge in [0.1, 0.15) is 0 Å². The van der Waals surface area contributed by atoms with Crippen LogP contribution >= 0.6 is 0 Å². The Bertz CT molecular complexity index is 217. The van der Waals surface area contributed by atoms with Crippen molar-refractivity contribution >= 4 is 5.84 Å². The molecule has 0 spiro atoms. The van der Waals surface area contributed by atoms with E-state index < -0.39 is 0 Å². The van der Waals surface area contributed by atoms with Crippen LogP contribution < -0.4 is 5.32 Å². The Hall–Kier alpha value is -0.530. The average Bonchev–Trinajstić information content (AvgIpc) is 2.65. The lowest BCUT2D eigenvalue weighted by atomic mass is 9.99. The Kier molecular flexibility index (Phi) is 4.04. The fourth-order valence-electron chi connectivity index (χ4n) is 2.83. The molecule has 1 N–H and O–H groups in total. The average molecular weight is 208 g/mol. The quantitative estimate of drug-likeness (QED) is 0.741. The minimum absolute atomic E-state index is 0.643. The highest BCUT2D eigenvalue weighted by Crippen LogP contribution is 2.27. The summed E-state index contributed by atoms with van der Waals surface area (Å²) < 4.78 is 0. The van der Waals surface area contributed by atoms with Gasteiger partial charge in [-0.25, -0.2) is 0 Å². The van der Waals surface area contributed by atoms with Crippen LogP contribution in [0.3, 0.4) is 0 Å². The second kappa shape index (κ2) is 5.53. The molecule has 2 rings (SSSR count). The van der Waals surface area contributed by atoms with Crippen molar-refractivity contribution in [2.45, 2.75) is 64.3 Å². The van der Waals surface area contributed by atoms with Gasteiger partial charge < -0.3 is 5.32 Å². The smallest absolute Gasteiger partial charge is 0.0965 e. The Morgan fingerprint density at radius 1 is 1.13 bits per heavy atom. The molecule has 1 aliphatic carbocycles. The molecule has 0 amide bonds. The number of amidine groups is 1. The topological polar surface area (TPSA) is 24.4 Å². The molecule has 0 aromatic carbocycles. The Labute approximate surface area is 93.6 Å². The van der Waals surface area contributed by atoms with E-state index in [0.29, 0.717) is 6.04 Å². The number of hydrogen-bond donors (Lipinski definition) is 1. The van der Waals surface area contributed by atoms with Gasteiger partial charge in [-0.1, -0.05) is 19.3 Å². The lowest BCUT2D eigenvalue weighted by Crippen LogP contribution is -2.37. The lowest BCUT2D eigenvalue weighted by molar-refractivity contribution is 0.424. The molecule has 1 saturated carbocycles. The Morgan fingerprint density at radius 3 is 2.73 bits per heavy atom. The van der Waals surface area contributed by atoms with Gasteiger partial charge in [0.25, 0.3) is 0 Å². The maximum absolute atomic E-state index is 4.64. The standard InChI is InChI=1S/C13H24N2/c1-11(12-7-4-5-8-12)15-13-9-3-2-6-10-14-13/h11-12H,2-10H2,1H3,(H,14,15)/t11-/m1/s1. The van der Waals surface area contributed by atoms with Gasteiger partial charge in [-0.15, -0.1) is 0 Å². The third-order valence-corrected chi connectivity index (χ3v) is 3.88.